The molecule has 0 bridgehead atoms. The van der Waals surface area contributed by atoms with Crippen molar-refractivity contribution < 1.29 is 0 Å². The minimum atomic E-state index is -0.116. The van der Waals surface area contributed by atoms with Gasteiger partial charge in [-0.15, -0.1) is 0 Å². The van der Waals surface area contributed by atoms with Gasteiger partial charge in [0.25, 0.3) is 0 Å². The van der Waals surface area contributed by atoms with Gasteiger partial charge in [-0.3, -0.25) is 0 Å². The molecule has 9 aromatic rings. The number of rotatable bonds is 7. The number of aromatic nitrogens is 1. The van der Waals surface area contributed by atoms with E-state index in [0.717, 1.165) is 17.1 Å². The lowest BCUT2D eigenvalue weighted by atomic mass is 9.85. The van der Waals surface area contributed by atoms with Crippen LogP contribution in [0.5, 0.6) is 0 Å². The highest BCUT2D eigenvalue weighted by Gasteiger charge is 2.40. The summed E-state index contributed by atoms with van der Waals surface area (Å²) in [6.45, 7) is 4.73. The number of para-hydroxylation sites is 1. The molecule has 0 radical (unpaired) electrons. The van der Waals surface area contributed by atoms with Crippen molar-refractivity contribution >= 4 is 28.0 Å². The molecule has 1 heterocycles. The molecule has 0 saturated heterocycles. The Balaban J connectivity index is 0.997. The molecule has 2 heteroatoms. The molecule has 55 heavy (non-hydrogen) atoms. The van der Waals surface area contributed by atoms with Gasteiger partial charge in [0.1, 0.15) is 0 Å². The van der Waals surface area contributed by atoms with Gasteiger partial charge in [0.15, 0.2) is 0 Å². The van der Waals surface area contributed by atoms with Crippen molar-refractivity contribution in [2.24, 2.45) is 0 Å². The third-order valence-corrected chi connectivity index (χ3v) is 11.4. The first kappa shape index (κ1) is 32.7. The smallest absolute Gasteiger partial charge is 0.0538 e. The van der Waals surface area contributed by atoms with Crippen molar-refractivity contribution in [1.82, 2.24) is 4.57 Å². The lowest BCUT2D eigenvalue weighted by Crippen LogP contribution is -2.19. The molecule has 10 rings (SSSR count). The van der Waals surface area contributed by atoms with Crippen molar-refractivity contribution in [1.29, 1.82) is 0 Å². The van der Waals surface area contributed by atoms with Gasteiger partial charge in [0.2, 0.25) is 0 Å². The van der Waals surface area contributed by atoms with Crippen molar-refractivity contribution in [3.8, 4) is 50.2 Å². The second kappa shape index (κ2) is 13.2. The molecule has 0 aliphatic heterocycles. The van der Waals surface area contributed by atoms with E-state index in [1.807, 2.05) is 0 Å². The Labute approximate surface area is 323 Å². The van der Waals surface area contributed by atoms with Gasteiger partial charge in [-0.1, -0.05) is 166 Å². The molecule has 1 aromatic heterocycles. The maximum absolute atomic E-state index is 2.49. The quantitative estimate of drug-likeness (QED) is 0.160. The summed E-state index contributed by atoms with van der Waals surface area (Å²) in [6, 6.07) is 74.7. The Morgan fingerprint density at radius 1 is 0.382 bits per heavy atom. The van der Waals surface area contributed by atoms with Crippen LogP contribution in [0.1, 0.15) is 25.1 Å². The summed E-state index contributed by atoms with van der Waals surface area (Å²) in [5.41, 5.74) is 18.3. The molecule has 0 unspecified atom stereocenters. The summed E-state index contributed by atoms with van der Waals surface area (Å²) in [5.74, 6) is 0. The lowest BCUT2D eigenvalue weighted by molar-refractivity contribution is 0.624. The second-order valence-electron chi connectivity index (χ2n) is 15.0. The number of fused-ring (bicyclic) bond motifs is 5. The van der Waals surface area contributed by atoms with Gasteiger partial charge in [-0.25, -0.2) is 0 Å². The molecule has 0 amide bonds. The number of hydrogen-bond acceptors (Lipinski definition) is 1. The fraction of sp³-hybridized carbons (Fsp3) is 0.0566. The van der Waals surface area contributed by atoms with E-state index in [1.54, 1.807) is 0 Å². The summed E-state index contributed by atoms with van der Waals surface area (Å²) in [5, 5.41) is 1.31. The van der Waals surface area contributed by atoms with Gasteiger partial charge < -0.3 is 9.47 Å². The summed E-state index contributed by atoms with van der Waals surface area (Å²) in [7, 11) is 0. The van der Waals surface area contributed by atoms with Crippen LogP contribution in [0.2, 0.25) is 0 Å². The van der Waals surface area contributed by atoms with Crippen molar-refractivity contribution in [2.45, 2.75) is 19.3 Å². The Bertz CT molecular complexity index is 2690. The van der Waals surface area contributed by atoms with E-state index in [-0.39, 0.29) is 5.41 Å². The van der Waals surface area contributed by atoms with E-state index in [1.165, 1.54) is 72.4 Å². The third-order valence-electron chi connectivity index (χ3n) is 11.4. The van der Waals surface area contributed by atoms with E-state index >= 15 is 0 Å². The minimum absolute atomic E-state index is 0.116. The summed E-state index contributed by atoms with van der Waals surface area (Å²) in [6.07, 6.45) is 0. The first-order valence-corrected chi connectivity index (χ1v) is 19.1. The molecule has 0 fully saturated rings. The van der Waals surface area contributed by atoms with Gasteiger partial charge in [0, 0.05) is 44.8 Å². The zero-order valence-electron chi connectivity index (χ0n) is 31.0. The topological polar surface area (TPSA) is 8.17 Å². The predicted octanol–water partition coefficient (Wildman–Crippen LogP) is 14.4. The Morgan fingerprint density at radius 3 is 1.29 bits per heavy atom. The van der Waals surface area contributed by atoms with Gasteiger partial charge in [-0.2, -0.15) is 0 Å². The zero-order chi connectivity index (χ0) is 36.9. The number of benzene rings is 8. The Hall–Kier alpha value is -6.90. The van der Waals surface area contributed by atoms with Crippen LogP contribution in [0.3, 0.4) is 0 Å². The third kappa shape index (κ3) is 5.57. The molecule has 0 atom stereocenters. The molecule has 1 aliphatic rings. The van der Waals surface area contributed by atoms with Crippen LogP contribution >= 0.6 is 0 Å². The standard InChI is InChI=1S/C53H40N2/c1-53(2)49-19-11-9-17-47(49)51-48-18-10-12-20-50(48)55(52(51)53)46-35-27-42(28-36-46)41-25-33-45(34-26-41)54(43-29-21-39(22-30-43)37-13-5-3-6-14-37)44-31-23-40(24-32-44)38-15-7-4-8-16-38/h3-36H,1-2H3. The lowest BCUT2D eigenvalue weighted by Gasteiger charge is -2.26. The average molecular weight is 705 g/mol. The number of anilines is 3. The van der Waals surface area contributed by atoms with E-state index < -0.39 is 0 Å². The van der Waals surface area contributed by atoms with Gasteiger partial charge in [0.05, 0.1) is 5.52 Å². The molecule has 0 saturated carbocycles. The van der Waals surface area contributed by atoms with E-state index in [2.05, 4.69) is 230 Å². The highest BCUT2D eigenvalue weighted by Crippen LogP contribution is 2.53. The monoisotopic (exact) mass is 704 g/mol. The molecule has 8 aromatic carbocycles. The van der Waals surface area contributed by atoms with Crippen molar-refractivity contribution in [2.75, 3.05) is 4.90 Å². The van der Waals surface area contributed by atoms with Crippen LogP contribution in [0.4, 0.5) is 17.1 Å². The highest BCUT2D eigenvalue weighted by atomic mass is 15.1. The molecule has 2 nitrogen and oxygen atoms in total. The molecule has 0 N–H and O–H groups in total. The Kier molecular flexibility index (Phi) is 7.85. The largest absolute Gasteiger partial charge is 0.312 e. The summed E-state index contributed by atoms with van der Waals surface area (Å²) < 4.78 is 2.49. The first-order chi connectivity index (χ1) is 27.0. The fourth-order valence-corrected chi connectivity index (χ4v) is 8.67. The maximum atomic E-state index is 2.49. The van der Waals surface area contributed by atoms with Crippen LogP contribution in [0.25, 0.3) is 61.1 Å². The second-order valence-corrected chi connectivity index (χ2v) is 15.0. The number of nitrogens with zero attached hydrogens (tertiary/aromatic N) is 2. The van der Waals surface area contributed by atoms with E-state index in [0.29, 0.717) is 0 Å². The molecule has 0 spiro atoms. The van der Waals surface area contributed by atoms with Crippen molar-refractivity contribution in [3.63, 3.8) is 0 Å². The highest BCUT2D eigenvalue weighted by molar-refractivity contribution is 6.03. The van der Waals surface area contributed by atoms with E-state index in [9.17, 15) is 0 Å². The average Bonchev–Trinajstić information content (AvgIpc) is 3.72. The fourth-order valence-electron chi connectivity index (χ4n) is 8.67. The SMILES string of the molecule is CC1(C)c2ccccc2-c2c1n(-c1ccc(-c3ccc(N(c4ccc(-c5ccccc5)cc4)c4ccc(-c5ccccc5)cc4)cc3)cc1)c1ccccc21. The van der Waals surface area contributed by atoms with Crippen molar-refractivity contribution in [3.05, 3.63) is 218 Å². The van der Waals surface area contributed by atoms with Crippen LogP contribution in [0, 0.1) is 0 Å². The van der Waals surface area contributed by atoms with Gasteiger partial charge >= 0.3 is 0 Å². The zero-order valence-corrected chi connectivity index (χ0v) is 31.0. The van der Waals surface area contributed by atoms with Gasteiger partial charge in [-0.05, 0) is 99.1 Å². The van der Waals surface area contributed by atoms with E-state index in [4.69, 9.17) is 0 Å². The predicted molar refractivity (Wildman–Crippen MR) is 232 cm³/mol. The summed E-state index contributed by atoms with van der Waals surface area (Å²) in [4.78, 5) is 2.34. The van der Waals surface area contributed by atoms with Crippen LogP contribution in [-0.4, -0.2) is 4.57 Å². The Morgan fingerprint density at radius 2 is 0.782 bits per heavy atom. The molecule has 1 aliphatic carbocycles. The summed E-state index contributed by atoms with van der Waals surface area (Å²) >= 11 is 0. The molecular formula is C53H40N2. The number of hydrogen-bond donors (Lipinski definition) is 0. The van der Waals surface area contributed by atoms with Crippen LogP contribution < -0.4 is 4.90 Å². The normalized spacial score (nSPS) is 12.7. The maximum Gasteiger partial charge on any atom is 0.0538 e. The molecule has 262 valence electrons. The molecular weight excluding hydrogens is 665 g/mol. The minimum Gasteiger partial charge on any atom is -0.312 e. The first-order valence-electron chi connectivity index (χ1n) is 19.1. The van der Waals surface area contributed by atoms with Crippen LogP contribution in [-0.2, 0) is 5.41 Å². The van der Waals surface area contributed by atoms with Crippen LogP contribution in [0.15, 0.2) is 206 Å².